The first-order chi connectivity index (χ1) is 10.1. The fraction of sp³-hybridized carbons (Fsp3) is 0.308. The lowest BCUT2D eigenvalue weighted by Gasteiger charge is -2.08. The van der Waals surface area contributed by atoms with Crippen LogP contribution in [0.3, 0.4) is 0 Å². The van der Waals surface area contributed by atoms with Crippen LogP contribution in [0.2, 0.25) is 0 Å². The SMILES string of the molecule is Cc1noc(CSc2nnnn2-c2cccc(C)c2C)n1. The van der Waals surface area contributed by atoms with E-state index in [0.717, 1.165) is 11.3 Å². The largest absolute Gasteiger partial charge is 0.338 e. The predicted molar refractivity (Wildman–Crippen MR) is 77.2 cm³/mol. The molecule has 0 spiro atoms. The minimum atomic E-state index is 0.534. The molecular formula is C13H14N6OS. The monoisotopic (exact) mass is 302 g/mol. The van der Waals surface area contributed by atoms with Gasteiger partial charge >= 0.3 is 0 Å². The van der Waals surface area contributed by atoms with Gasteiger partial charge in [0.15, 0.2) is 5.82 Å². The fourth-order valence-electron chi connectivity index (χ4n) is 1.91. The standard InChI is InChI=1S/C13H14N6OS/c1-8-5-4-6-11(9(8)2)19-13(15-17-18-19)21-7-12-14-10(3)16-20-12/h4-6H,7H2,1-3H3. The summed E-state index contributed by atoms with van der Waals surface area (Å²) in [5.74, 6) is 1.72. The van der Waals surface area contributed by atoms with E-state index in [9.17, 15) is 0 Å². The Morgan fingerprint density at radius 3 is 2.86 bits per heavy atom. The van der Waals surface area contributed by atoms with Crippen molar-refractivity contribution in [3.8, 4) is 5.69 Å². The highest BCUT2D eigenvalue weighted by atomic mass is 32.2. The van der Waals surface area contributed by atoms with E-state index < -0.39 is 0 Å². The van der Waals surface area contributed by atoms with Gasteiger partial charge in [-0.2, -0.15) is 9.67 Å². The maximum absolute atomic E-state index is 5.09. The van der Waals surface area contributed by atoms with Gasteiger partial charge in [-0.1, -0.05) is 29.1 Å². The third-order valence-corrected chi connectivity index (χ3v) is 4.04. The van der Waals surface area contributed by atoms with Crippen LogP contribution in [-0.2, 0) is 5.75 Å². The maximum Gasteiger partial charge on any atom is 0.237 e. The Bertz CT molecular complexity index is 766. The second kappa shape index (κ2) is 5.65. The minimum absolute atomic E-state index is 0.534. The van der Waals surface area contributed by atoms with E-state index in [-0.39, 0.29) is 0 Å². The quantitative estimate of drug-likeness (QED) is 0.683. The molecule has 108 valence electrons. The number of aromatic nitrogens is 6. The molecule has 0 unspecified atom stereocenters. The molecule has 3 aromatic rings. The Balaban J connectivity index is 1.85. The number of aryl methyl sites for hydroxylation is 2. The van der Waals surface area contributed by atoms with Crippen molar-refractivity contribution in [3.63, 3.8) is 0 Å². The summed E-state index contributed by atoms with van der Waals surface area (Å²) in [5, 5.41) is 16.4. The van der Waals surface area contributed by atoms with Crippen LogP contribution >= 0.6 is 11.8 Å². The highest BCUT2D eigenvalue weighted by molar-refractivity contribution is 7.98. The van der Waals surface area contributed by atoms with E-state index >= 15 is 0 Å². The van der Waals surface area contributed by atoms with Crippen molar-refractivity contribution in [1.82, 2.24) is 30.3 Å². The first kappa shape index (κ1) is 13.7. The summed E-state index contributed by atoms with van der Waals surface area (Å²) in [5.41, 5.74) is 3.33. The van der Waals surface area contributed by atoms with Gasteiger partial charge in [0.25, 0.3) is 0 Å². The molecule has 21 heavy (non-hydrogen) atoms. The van der Waals surface area contributed by atoms with Gasteiger partial charge in [0, 0.05) is 0 Å². The van der Waals surface area contributed by atoms with Crippen molar-refractivity contribution < 1.29 is 4.52 Å². The minimum Gasteiger partial charge on any atom is -0.338 e. The summed E-state index contributed by atoms with van der Waals surface area (Å²) in [6.45, 7) is 5.91. The van der Waals surface area contributed by atoms with Crippen LogP contribution in [0.25, 0.3) is 5.69 Å². The number of hydrogen-bond acceptors (Lipinski definition) is 7. The lowest BCUT2D eigenvalue weighted by atomic mass is 10.1. The molecule has 0 bridgehead atoms. The molecule has 8 heteroatoms. The Labute approximate surface area is 125 Å². The molecule has 2 heterocycles. The predicted octanol–water partition coefficient (Wildman–Crippen LogP) is 2.26. The van der Waals surface area contributed by atoms with Gasteiger partial charge in [-0.15, -0.1) is 5.10 Å². The Kier molecular flexibility index (Phi) is 3.70. The van der Waals surface area contributed by atoms with Crippen molar-refractivity contribution in [2.45, 2.75) is 31.7 Å². The fourth-order valence-corrected chi connectivity index (χ4v) is 2.63. The molecule has 0 atom stereocenters. The maximum atomic E-state index is 5.09. The zero-order valence-corrected chi connectivity index (χ0v) is 12.8. The van der Waals surface area contributed by atoms with Crippen molar-refractivity contribution in [2.24, 2.45) is 0 Å². The number of tetrazole rings is 1. The topological polar surface area (TPSA) is 82.5 Å². The third-order valence-electron chi connectivity index (χ3n) is 3.14. The summed E-state index contributed by atoms with van der Waals surface area (Å²) in [7, 11) is 0. The molecular weight excluding hydrogens is 288 g/mol. The van der Waals surface area contributed by atoms with Crippen LogP contribution in [0.1, 0.15) is 22.8 Å². The Morgan fingerprint density at radius 2 is 2.10 bits per heavy atom. The first-order valence-corrected chi connectivity index (χ1v) is 7.40. The van der Waals surface area contributed by atoms with E-state index in [1.54, 1.807) is 11.6 Å². The van der Waals surface area contributed by atoms with Gasteiger partial charge in [-0.25, -0.2) is 0 Å². The molecule has 0 fully saturated rings. The zero-order valence-electron chi connectivity index (χ0n) is 11.9. The van der Waals surface area contributed by atoms with E-state index in [0.29, 0.717) is 22.6 Å². The number of thioether (sulfide) groups is 1. The smallest absolute Gasteiger partial charge is 0.237 e. The van der Waals surface area contributed by atoms with Crippen molar-refractivity contribution >= 4 is 11.8 Å². The number of hydrogen-bond donors (Lipinski definition) is 0. The molecule has 1 aromatic carbocycles. The molecule has 0 aliphatic rings. The molecule has 0 aliphatic carbocycles. The van der Waals surface area contributed by atoms with Crippen LogP contribution in [-0.4, -0.2) is 30.3 Å². The second-order valence-electron chi connectivity index (χ2n) is 4.62. The zero-order chi connectivity index (χ0) is 14.8. The van der Waals surface area contributed by atoms with Crippen molar-refractivity contribution in [2.75, 3.05) is 0 Å². The molecule has 0 aliphatic heterocycles. The molecule has 7 nitrogen and oxygen atoms in total. The number of rotatable bonds is 4. The van der Waals surface area contributed by atoms with E-state index in [1.165, 1.54) is 17.3 Å². The van der Waals surface area contributed by atoms with Gasteiger partial charge in [0.1, 0.15) is 0 Å². The molecule has 0 saturated carbocycles. The van der Waals surface area contributed by atoms with Crippen molar-refractivity contribution in [1.29, 1.82) is 0 Å². The highest BCUT2D eigenvalue weighted by Gasteiger charge is 2.13. The van der Waals surface area contributed by atoms with Gasteiger partial charge < -0.3 is 4.52 Å². The summed E-state index contributed by atoms with van der Waals surface area (Å²) in [6, 6.07) is 6.06. The van der Waals surface area contributed by atoms with E-state index in [4.69, 9.17) is 4.52 Å². The lowest BCUT2D eigenvalue weighted by Crippen LogP contribution is -2.02. The molecule has 0 radical (unpaired) electrons. The molecule has 0 amide bonds. The van der Waals surface area contributed by atoms with Crippen LogP contribution in [0.15, 0.2) is 27.9 Å². The molecule has 0 N–H and O–H groups in total. The summed E-state index contributed by atoms with van der Waals surface area (Å²) in [4.78, 5) is 4.17. The summed E-state index contributed by atoms with van der Waals surface area (Å²) < 4.78 is 6.82. The van der Waals surface area contributed by atoms with Gasteiger partial charge in [-0.05, 0) is 48.4 Å². The second-order valence-corrected chi connectivity index (χ2v) is 5.56. The van der Waals surface area contributed by atoms with E-state index in [2.05, 4.69) is 45.6 Å². The molecule has 3 rings (SSSR count). The number of nitrogens with zero attached hydrogens (tertiary/aromatic N) is 6. The van der Waals surface area contributed by atoms with Crippen LogP contribution in [0.5, 0.6) is 0 Å². The van der Waals surface area contributed by atoms with Gasteiger partial charge in [0.05, 0.1) is 11.4 Å². The van der Waals surface area contributed by atoms with Crippen molar-refractivity contribution in [3.05, 3.63) is 41.0 Å². The van der Waals surface area contributed by atoms with Gasteiger partial charge in [0.2, 0.25) is 11.0 Å². The van der Waals surface area contributed by atoms with Crippen LogP contribution < -0.4 is 0 Å². The normalized spacial score (nSPS) is 11.0. The van der Waals surface area contributed by atoms with Crippen LogP contribution in [0.4, 0.5) is 0 Å². The first-order valence-electron chi connectivity index (χ1n) is 6.42. The average Bonchev–Trinajstić information content (AvgIpc) is 3.08. The summed E-state index contributed by atoms with van der Waals surface area (Å²) >= 11 is 1.46. The Morgan fingerprint density at radius 1 is 1.24 bits per heavy atom. The van der Waals surface area contributed by atoms with Crippen LogP contribution in [0, 0.1) is 20.8 Å². The lowest BCUT2D eigenvalue weighted by molar-refractivity contribution is 0.387. The highest BCUT2D eigenvalue weighted by Crippen LogP contribution is 2.24. The molecule has 0 saturated heterocycles. The summed E-state index contributed by atoms with van der Waals surface area (Å²) in [6.07, 6.45) is 0. The average molecular weight is 302 g/mol. The van der Waals surface area contributed by atoms with Gasteiger partial charge in [-0.3, -0.25) is 0 Å². The molecule has 2 aromatic heterocycles. The Hall–Kier alpha value is -2.22. The third kappa shape index (κ3) is 2.80. The number of benzene rings is 1. The van der Waals surface area contributed by atoms with E-state index in [1.807, 2.05) is 12.1 Å².